The van der Waals surface area contributed by atoms with E-state index in [-0.39, 0.29) is 508 Å². The van der Waals surface area contributed by atoms with Gasteiger partial charge in [0.1, 0.15) is 0 Å². The van der Waals surface area contributed by atoms with E-state index in [1.165, 1.54) is 7.05 Å². The van der Waals surface area contributed by atoms with Gasteiger partial charge in [-0.05, 0) is 18.0 Å². The molecule has 74 heavy (non-hydrogen) atoms. The van der Waals surface area contributed by atoms with Crippen molar-refractivity contribution in [3.63, 3.8) is 0 Å². The molecule has 0 aliphatic carbocycles. The molecule has 0 bridgehead atoms. The molecule has 478 valence electrons. The summed E-state index contributed by atoms with van der Waals surface area (Å²) in [5.74, 6) is 1.27. The van der Waals surface area contributed by atoms with Crippen LogP contribution in [-0.2, 0) is 448 Å². The number of nitrogens with zero attached hydrogens (tertiary/aromatic N) is 13. The molecule has 0 heterocycles. The first-order valence-electron chi connectivity index (χ1n) is 16.7. The van der Waals surface area contributed by atoms with Crippen molar-refractivity contribution in [3.05, 3.63) is 65.7 Å². The van der Waals surface area contributed by atoms with E-state index in [0.29, 0.717) is 11.9 Å². The summed E-state index contributed by atoms with van der Waals surface area (Å²) < 4.78 is 0. The second kappa shape index (κ2) is 160. The van der Waals surface area contributed by atoms with Crippen molar-refractivity contribution in [1.29, 1.82) is 0 Å². The fourth-order valence-corrected chi connectivity index (χ4v) is 1.76. The maximum absolute atomic E-state index is 8.69. The van der Waals surface area contributed by atoms with Gasteiger partial charge in [-0.2, -0.15) is 11.9 Å². The number of aliphatic imine (C=N–C) groups is 5. The van der Waals surface area contributed by atoms with Crippen LogP contribution >= 0.6 is 0 Å². The molecule has 0 atom stereocenters. The molecular weight excluding hydrogens is 2970 g/mol. The van der Waals surface area contributed by atoms with Crippen molar-refractivity contribution in [3.8, 4) is 0 Å². The minimum absolute atomic E-state index is 0. The second-order valence-corrected chi connectivity index (χ2v) is 11.8. The fraction of sp³-hybridized carbons (Fsp3) is 0.794. The maximum Gasteiger partial charge on any atom is 1.00 e. The Kier molecular flexibility index (Phi) is 430. The minimum atomic E-state index is -0.125. The van der Waals surface area contributed by atoms with Gasteiger partial charge in [-0.3, -0.25) is 0 Å². The van der Waals surface area contributed by atoms with E-state index in [9.17, 15) is 0 Å². The first-order valence-corrected chi connectivity index (χ1v) is 16.7. The third kappa shape index (κ3) is 244. The van der Waals surface area contributed by atoms with Crippen molar-refractivity contribution in [1.82, 2.24) is 0 Å². The smallest absolute Gasteiger partial charge is 0.845 e. The molecule has 0 aromatic carbocycles. The fourth-order valence-electron chi connectivity index (χ4n) is 1.76. The third-order valence-electron chi connectivity index (χ3n) is 4.14. The van der Waals surface area contributed by atoms with Crippen LogP contribution in [0.15, 0.2) is 25.0 Å². The molecule has 0 aliphatic rings. The van der Waals surface area contributed by atoms with Gasteiger partial charge in [-0.15, -0.1) is 32.8 Å². The summed E-state index contributed by atoms with van der Waals surface area (Å²) in [7, 11) is 9.56. The topological polar surface area (TPSA) is 286 Å². The van der Waals surface area contributed by atoms with E-state index in [4.69, 9.17) is 33.8 Å². The van der Waals surface area contributed by atoms with Crippen LogP contribution in [0.25, 0.3) is 65.7 Å². The molecule has 0 aromatic heterocycles. The van der Waals surface area contributed by atoms with Gasteiger partial charge < -0.3 is 102 Å². The van der Waals surface area contributed by atoms with E-state index in [0.717, 1.165) is 6.34 Å². The van der Waals surface area contributed by atoms with E-state index in [2.05, 4.69) is 56.9 Å². The largest absolute Gasteiger partial charge is 1.00 e. The SMILES string of the molecule is CC(C)N=C[NH-].CN=C([NH-])C(C)C.CN=C([NH-])[N-]C(C)C.CN=C[N-]C(C)C.C[N-]C(=[N-])C(C)C.C[N-]C(=[N-])[N-]C(C)C.C[N-]C([NH-])=NC(C)C.[Ru+].[Ru+].[Ru+].[Ru+].[Ru+].[Ru+].[Ru+].[Ru+].[Ru+].[Ru+].[Ru+].[Ru+].[Ru].[Ru].[Ru].[Ru].[Ru].[Ru].[Ru].[Ru].[Ru].[Ru].[Ru]. The number of nitrogens with one attached hydrogen (secondary N) is 4. The normalized spacial score (nSPS) is 7.64. The minimum Gasteiger partial charge on any atom is -0.845 e. The van der Waals surface area contributed by atoms with Gasteiger partial charge in [0, 0.05) is 214 Å². The van der Waals surface area contributed by atoms with Crippen LogP contribution in [0.5, 0.6) is 0 Å². The van der Waals surface area contributed by atoms with Crippen molar-refractivity contribution >= 4 is 42.2 Å². The van der Waals surface area contributed by atoms with Crippen LogP contribution in [0, 0.1) is 11.8 Å². The standard InChI is InChI=1S/2C5H11N3.C5H10N3.2C5H11N2.C5H10N2.C4H9N2.23Ru/c3*1-4(2)8-5(6)7-3;1-5(2)7-4-6-3;2*1-4(2)5(6)7-3;1-4(2)6-3-5;;;;;;;;;;;;;;;;;;;;;;;/h2*4H,1-3H3,(H-2,6,7,8);4H,1-3H3;4-5H,1-3H3;4H,1-3H3,(H-,6,7);4H,1-3H3;3-4H,1-2H3,(H-,5,6);;;;;;;;;;;;;;;;;;;;;;;/q2*-2;-3;2*-1;-2;-1;;;;;;;;;;;;12*+1. The van der Waals surface area contributed by atoms with Crippen molar-refractivity contribution in [2.75, 3.05) is 42.3 Å². The van der Waals surface area contributed by atoms with E-state index in [1.807, 2.05) is 96.9 Å². The molecule has 0 aromatic rings. The van der Waals surface area contributed by atoms with Gasteiger partial charge in [-0.1, -0.05) is 149 Å². The molecule has 4 N–H and O–H groups in total. The first kappa shape index (κ1) is 198. The van der Waals surface area contributed by atoms with E-state index in [1.54, 1.807) is 41.6 Å². The zero-order chi connectivity index (χ0) is 42.1. The Hall–Kier alpha value is 10.0. The summed E-state index contributed by atoms with van der Waals surface area (Å²) in [6, 6.07) is 1.15. The molecule has 0 aliphatic heterocycles. The number of hydrogen-bond donors (Lipinski definition) is 0. The van der Waals surface area contributed by atoms with Crippen LogP contribution in [0.3, 0.4) is 0 Å². The van der Waals surface area contributed by atoms with Gasteiger partial charge in [0.25, 0.3) is 0 Å². The molecule has 0 unspecified atom stereocenters. The Morgan fingerprint density at radius 1 is 0.432 bits per heavy atom. The van der Waals surface area contributed by atoms with Crippen molar-refractivity contribution < 1.29 is 448 Å². The summed E-state index contributed by atoms with van der Waals surface area (Å²) in [6.07, 6.45) is 2.65. The Labute approximate surface area is 748 Å². The van der Waals surface area contributed by atoms with E-state index < -0.39 is 0 Å². The first-order chi connectivity index (χ1) is 23.4. The predicted octanol–water partition coefficient (Wildman–Crippen LogP) is 11.5. The Balaban J connectivity index is -0.0000000104. The van der Waals surface area contributed by atoms with Crippen LogP contribution in [0.2, 0.25) is 0 Å². The summed E-state index contributed by atoms with van der Waals surface area (Å²) in [6.45, 7) is 27.0. The average molecular weight is 3040 g/mol. The monoisotopic (exact) mass is 3060 g/mol. The predicted molar refractivity (Wildman–Crippen MR) is 234 cm³/mol. The molecule has 12 radical (unpaired) electrons. The van der Waals surface area contributed by atoms with Crippen LogP contribution in [0.4, 0.5) is 0 Å². The summed E-state index contributed by atoms with van der Waals surface area (Å²) >= 11 is 0. The zero-order valence-corrected chi connectivity index (χ0v) is 83.6. The second-order valence-electron chi connectivity index (χ2n) is 11.8. The van der Waals surface area contributed by atoms with Gasteiger partial charge in [0.2, 0.25) is 0 Å². The molecule has 0 rings (SSSR count). The zero-order valence-electron chi connectivity index (χ0n) is 43.6. The maximum atomic E-state index is 8.69. The molecule has 0 fully saturated rings. The van der Waals surface area contributed by atoms with E-state index >= 15 is 0 Å². The van der Waals surface area contributed by atoms with Crippen LogP contribution in [-0.4, -0.2) is 115 Å². The Morgan fingerprint density at radius 2 is 0.757 bits per heavy atom. The number of guanidine groups is 3. The summed E-state index contributed by atoms with van der Waals surface area (Å²) in [5, 5.41) is 39.3. The van der Waals surface area contributed by atoms with Gasteiger partial charge in [0.05, 0.1) is 0 Å². The number of rotatable bonds is 8. The molecule has 0 saturated carbocycles. The number of amidine groups is 2. The molecule has 0 spiro atoms. The quantitative estimate of drug-likeness (QED) is 0.124. The summed E-state index contributed by atoms with van der Waals surface area (Å²) in [4.78, 5) is 18.4. The molecular formula is C34H73N17Ru23. The molecule has 0 saturated heterocycles. The molecule has 40 heteroatoms. The van der Waals surface area contributed by atoms with Crippen molar-refractivity contribution in [2.45, 2.75) is 127 Å². The average Bonchev–Trinajstić information content (AvgIpc) is 3.03. The number of hydrogen-bond acceptors (Lipinski definition) is 5. The Morgan fingerprint density at radius 3 is 0.811 bits per heavy atom. The van der Waals surface area contributed by atoms with Crippen LogP contribution in [0.1, 0.15) is 96.9 Å². The van der Waals surface area contributed by atoms with Gasteiger partial charge in [0.15, 0.2) is 0 Å². The van der Waals surface area contributed by atoms with Crippen molar-refractivity contribution in [2.24, 2.45) is 36.8 Å². The van der Waals surface area contributed by atoms with Crippen LogP contribution < -0.4 is 0 Å². The molecule has 0 amide bonds. The molecule has 17 nitrogen and oxygen atoms in total. The van der Waals surface area contributed by atoms with Gasteiger partial charge in [-0.25, -0.2) is 0 Å². The summed E-state index contributed by atoms with van der Waals surface area (Å²) in [5.41, 5.74) is 27.3. The Bertz CT molecular complexity index is 969. The van der Waals surface area contributed by atoms with Gasteiger partial charge >= 0.3 is 234 Å². The third-order valence-corrected chi connectivity index (χ3v) is 4.14.